The molecule has 3 N–H and O–H groups in total. The highest BCUT2D eigenvalue weighted by atomic mass is 16.5. The van der Waals surface area contributed by atoms with Crippen molar-refractivity contribution in [1.29, 1.82) is 0 Å². The van der Waals surface area contributed by atoms with Gasteiger partial charge < -0.3 is 9.64 Å². The molecule has 1 amide bonds. The lowest BCUT2D eigenvalue weighted by molar-refractivity contribution is -0.121. The molecule has 0 spiro atoms. The van der Waals surface area contributed by atoms with Gasteiger partial charge in [0.2, 0.25) is 5.91 Å². The van der Waals surface area contributed by atoms with Crippen molar-refractivity contribution in [1.82, 2.24) is 5.43 Å². The van der Waals surface area contributed by atoms with E-state index in [0.29, 0.717) is 13.0 Å². The lowest BCUT2D eigenvalue weighted by atomic mass is 10.1. The number of anilines is 1. The van der Waals surface area contributed by atoms with Gasteiger partial charge in [0.1, 0.15) is 5.75 Å². The third-order valence-corrected chi connectivity index (χ3v) is 3.15. The molecule has 1 unspecified atom stereocenters. The van der Waals surface area contributed by atoms with Crippen LogP contribution in [-0.2, 0) is 4.79 Å². The van der Waals surface area contributed by atoms with Crippen molar-refractivity contribution < 1.29 is 9.53 Å². The fourth-order valence-corrected chi connectivity index (χ4v) is 2.25. The van der Waals surface area contributed by atoms with E-state index < -0.39 is 0 Å². The number of amides is 1. The van der Waals surface area contributed by atoms with Crippen molar-refractivity contribution in [3.8, 4) is 5.75 Å². The largest absolute Gasteiger partial charge is 0.491 e. The normalized spacial score (nSPS) is 16.2. The quantitative estimate of drug-likeness (QED) is 0.477. The number of benzene rings is 1. The lowest BCUT2D eigenvalue weighted by Crippen LogP contribution is -2.40. The van der Waals surface area contributed by atoms with Gasteiger partial charge in [-0.25, -0.2) is 5.84 Å². The van der Waals surface area contributed by atoms with E-state index in [0.717, 1.165) is 24.4 Å². The first kappa shape index (κ1) is 12.7. The predicted molar refractivity (Wildman–Crippen MR) is 70.3 cm³/mol. The minimum atomic E-state index is -0.148. The molecule has 1 aromatic carbocycles. The second-order valence-corrected chi connectivity index (χ2v) is 4.48. The van der Waals surface area contributed by atoms with Crippen LogP contribution in [0.2, 0.25) is 0 Å². The van der Waals surface area contributed by atoms with Crippen LogP contribution in [0.4, 0.5) is 5.69 Å². The molecule has 1 heterocycles. The fraction of sp³-hybridized carbons (Fsp3) is 0.462. The molecular weight excluding hydrogens is 230 g/mol. The summed E-state index contributed by atoms with van der Waals surface area (Å²) in [7, 11) is 0. The number of hydrogen-bond acceptors (Lipinski definition) is 4. The number of nitrogens with two attached hydrogens (primary N) is 1. The first-order chi connectivity index (χ1) is 8.72. The Hall–Kier alpha value is -1.75. The van der Waals surface area contributed by atoms with Crippen LogP contribution in [0.5, 0.6) is 5.75 Å². The van der Waals surface area contributed by atoms with Gasteiger partial charge in [-0.15, -0.1) is 0 Å². The number of nitrogens with zero attached hydrogens (tertiary/aromatic N) is 1. The molecule has 0 fully saturated rings. The zero-order chi connectivity index (χ0) is 13.0. The van der Waals surface area contributed by atoms with Crippen LogP contribution in [0.15, 0.2) is 24.3 Å². The Kier molecular flexibility index (Phi) is 4.04. The predicted octanol–water partition coefficient (Wildman–Crippen LogP) is 1.04. The van der Waals surface area contributed by atoms with Gasteiger partial charge in [0.25, 0.3) is 0 Å². The minimum Gasteiger partial charge on any atom is -0.491 e. The average Bonchev–Trinajstić information content (AvgIpc) is 2.60. The maximum atomic E-state index is 11.4. The molecule has 0 aliphatic carbocycles. The van der Waals surface area contributed by atoms with Crippen LogP contribution >= 0.6 is 0 Å². The number of para-hydroxylation sites is 2. The molecule has 1 aromatic rings. The van der Waals surface area contributed by atoms with E-state index in [1.54, 1.807) is 0 Å². The number of nitrogens with one attached hydrogen (secondary N) is 1. The van der Waals surface area contributed by atoms with Crippen LogP contribution in [0, 0.1) is 0 Å². The third-order valence-electron chi connectivity index (χ3n) is 3.15. The van der Waals surface area contributed by atoms with Gasteiger partial charge >= 0.3 is 0 Å². The summed E-state index contributed by atoms with van der Waals surface area (Å²) in [6, 6.07) is 8.02. The van der Waals surface area contributed by atoms with Crippen molar-refractivity contribution in [3.63, 3.8) is 0 Å². The summed E-state index contributed by atoms with van der Waals surface area (Å²) in [6.07, 6.45) is 1.33. The number of carbonyl (C=O) groups excluding carboxylic acids is 1. The van der Waals surface area contributed by atoms with Gasteiger partial charge in [-0.2, -0.15) is 0 Å². The molecule has 1 atom stereocenters. The monoisotopic (exact) mass is 249 g/mol. The first-order valence-corrected chi connectivity index (χ1v) is 6.20. The van der Waals surface area contributed by atoms with Crippen molar-refractivity contribution in [3.05, 3.63) is 24.3 Å². The molecule has 1 aliphatic heterocycles. The zero-order valence-corrected chi connectivity index (χ0v) is 10.6. The lowest BCUT2D eigenvalue weighted by Gasteiger charge is -2.30. The fourth-order valence-electron chi connectivity index (χ4n) is 2.25. The molecular formula is C13H19N3O2. The summed E-state index contributed by atoms with van der Waals surface area (Å²) in [5.41, 5.74) is 3.23. The van der Waals surface area contributed by atoms with Crippen LogP contribution in [0.1, 0.15) is 19.8 Å². The standard InChI is InChI=1S/C13H19N3O2/c1-10(9-13(17)15-14)16-7-4-8-18-12-6-3-2-5-11(12)16/h2-3,5-6,10H,4,7-9,14H2,1H3,(H,15,17). The Morgan fingerprint density at radius 1 is 1.56 bits per heavy atom. The topological polar surface area (TPSA) is 67.6 Å². The Morgan fingerprint density at radius 3 is 3.11 bits per heavy atom. The van der Waals surface area contributed by atoms with E-state index in [9.17, 15) is 4.79 Å². The highest BCUT2D eigenvalue weighted by Crippen LogP contribution is 2.32. The summed E-state index contributed by atoms with van der Waals surface area (Å²) in [6.45, 7) is 3.62. The Bertz CT molecular complexity index is 422. The summed E-state index contributed by atoms with van der Waals surface area (Å²) in [5.74, 6) is 5.87. The third kappa shape index (κ3) is 2.73. The first-order valence-electron chi connectivity index (χ1n) is 6.20. The van der Waals surface area contributed by atoms with Crippen LogP contribution in [0.25, 0.3) is 0 Å². The van der Waals surface area contributed by atoms with Gasteiger partial charge in [0.15, 0.2) is 0 Å². The van der Waals surface area contributed by atoms with Gasteiger partial charge in [-0.05, 0) is 25.5 Å². The second-order valence-electron chi connectivity index (χ2n) is 4.48. The molecule has 0 saturated carbocycles. The van der Waals surface area contributed by atoms with Crippen molar-refractivity contribution in [2.45, 2.75) is 25.8 Å². The van der Waals surface area contributed by atoms with Crippen LogP contribution in [-0.4, -0.2) is 25.1 Å². The molecule has 5 heteroatoms. The molecule has 98 valence electrons. The maximum absolute atomic E-state index is 11.4. The Labute approximate surface area is 107 Å². The molecule has 18 heavy (non-hydrogen) atoms. The molecule has 0 aromatic heterocycles. The number of hydrazine groups is 1. The highest BCUT2D eigenvalue weighted by molar-refractivity contribution is 5.76. The van der Waals surface area contributed by atoms with Crippen molar-refractivity contribution >= 4 is 11.6 Å². The SMILES string of the molecule is CC(CC(=O)NN)N1CCCOc2ccccc21. The zero-order valence-electron chi connectivity index (χ0n) is 10.6. The van der Waals surface area contributed by atoms with Crippen molar-refractivity contribution in [2.24, 2.45) is 5.84 Å². The number of rotatable bonds is 3. The molecule has 2 rings (SSSR count). The maximum Gasteiger partial charge on any atom is 0.235 e. The summed E-state index contributed by atoms with van der Waals surface area (Å²) >= 11 is 0. The smallest absolute Gasteiger partial charge is 0.235 e. The number of hydrogen-bond donors (Lipinski definition) is 2. The molecule has 0 radical (unpaired) electrons. The number of carbonyl (C=O) groups is 1. The average molecular weight is 249 g/mol. The minimum absolute atomic E-state index is 0.0939. The van der Waals surface area contributed by atoms with Gasteiger partial charge in [0.05, 0.1) is 12.3 Å². The van der Waals surface area contributed by atoms with E-state index in [2.05, 4.69) is 10.3 Å². The Morgan fingerprint density at radius 2 is 2.33 bits per heavy atom. The molecule has 0 bridgehead atoms. The molecule has 0 saturated heterocycles. The van der Waals surface area contributed by atoms with Gasteiger partial charge in [-0.1, -0.05) is 12.1 Å². The summed E-state index contributed by atoms with van der Waals surface area (Å²) < 4.78 is 5.69. The number of ether oxygens (including phenoxy) is 1. The summed E-state index contributed by atoms with van der Waals surface area (Å²) in [4.78, 5) is 13.6. The van der Waals surface area contributed by atoms with E-state index in [1.807, 2.05) is 31.2 Å². The highest BCUT2D eigenvalue weighted by Gasteiger charge is 2.22. The molecule has 1 aliphatic rings. The van der Waals surface area contributed by atoms with E-state index in [4.69, 9.17) is 10.6 Å². The van der Waals surface area contributed by atoms with Gasteiger partial charge in [0, 0.05) is 19.0 Å². The van der Waals surface area contributed by atoms with Crippen LogP contribution < -0.4 is 20.9 Å². The van der Waals surface area contributed by atoms with E-state index in [-0.39, 0.29) is 11.9 Å². The van der Waals surface area contributed by atoms with Crippen molar-refractivity contribution in [2.75, 3.05) is 18.1 Å². The summed E-state index contributed by atoms with van der Waals surface area (Å²) in [5, 5.41) is 0. The van der Waals surface area contributed by atoms with Crippen LogP contribution in [0.3, 0.4) is 0 Å². The number of fused-ring (bicyclic) bond motifs is 1. The Balaban J connectivity index is 2.19. The van der Waals surface area contributed by atoms with E-state index in [1.165, 1.54) is 0 Å². The van der Waals surface area contributed by atoms with Gasteiger partial charge in [-0.3, -0.25) is 10.2 Å². The van der Waals surface area contributed by atoms with E-state index >= 15 is 0 Å². The second kappa shape index (κ2) is 5.73. The molecule has 5 nitrogen and oxygen atoms in total.